The fourth-order valence-corrected chi connectivity index (χ4v) is 4.45. The van der Waals surface area contributed by atoms with E-state index in [2.05, 4.69) is 26.8 Å². The van der Waals surface area contributed by atoms with Crippen LogP contribution in [0.4, 0.5) is 0 Å². The Balaban J connectivity index is 2.40. The summed E-state index contributed by atoms with van der Waals surface area (Å²) < 4.78 is 4.90. The first-order chi connectivity index (χ1) is 16.2. The van der Waals surface area contributed by atoms with E-state index in [1.54, 1.807) is 6.07 Å². The van der Waals surface area contributed by atoms with Crippen LogP contribution in [-0.2, 0) is 22.4 Å². The summed E-state index contributed by atoms with van der Waals surface area (Å²) in [5.41, 5.74) is 3.60. The average molecular weight is 472 g/mol. The van der Waals surface area contributed by atoms with Crippen molar-refractivity contribution in [1.82, 2.24) is 4.90 Å². The number of ether oxygens (including phenoxy) is 1. The predicted octanol–water partition coefficient (Wildman–Crippen LogP) is 5.84. The van der Waals surface area contributed by atoms with Crippen LogP contribution in [0.3, 0.4) is 0 Å². The first kappa shape index (κ1) is 27.5. The van der Waals surface area contributed by atoms with Gasteiger partial charge in [0.1, 0.15) is 17.5 Å². The van der Waals surface area contributed by atoms with Crippen LogP contribution >= 0.6 is 0 Å². The molecule has 2 rings (SSSR count). The SMILES string of the molecule is CCCCCc1cc(O)c(C/C=C(\C)CCC=C(C)C)c(O)c1C(=O)N1CCC[C@@H]1C(=O)OC. The highest BCUT2D eigenvalue weighted by molar-refractivity contribution is 6.01. The smallest absolute Gasteiger partial charge is 0.328 e. The third-order valence-corrected chi connectivity index (χ3v) is 6.46. The second-order valence-corrected chi connectivity index (χ2v) is 9.47. The van der Waals surface area contributed by atoms with Gasteiger partial charge in [-0.15, -0.1) is 0 Å². The maximum Gasteiger partial charge on any atom is 0.328 e. The van der Waals surface area contributed by atoms with Crippen molar-refractivity contribution in [2.45, 2.75) is 91.5 Å². The van der Waals surface area contributed by atoms with Crippen LogP contribution in [0.5, 0.6) is 11.5 Å². The largest absolute Gasteiger partial charge is 0.508 e. The van der Waals surface area contributed by atoms with E-state index < -0.39 is 12.0 Å². The van der Waals surface area contributed by atoms with Crippen LogP contribution in [0.2, 0.25) is 0 Å². The summed E-state index contributed by atoms with van der Waals surface area (Å²) in [5, 5.41) is 22.0. The Morgan fingerprint density at radius 3 is 2.56 bits per heavy atom. The number of hydrogen-bond donors (Lipinski definition) is 2. The third-order valence-electron chi connectivity index (χ3n) is 6.46. The number of amides is 1. The second-order valence-electron chi connectivity index (χ2n) is 9.47. The van der Waals surface area contributed by atoms with E-state index in [1.807, 2.05) is 13.0 Å². The van der Waals surface area contributed by atoms with E-state index in [1.165, 1.54) is 17.6 Å². The number of phenolic OH excluding ortho intramolecular Hbond substituents is 2. The molecule has 0 aliphatic carbocycles. The molecule has 1 aromatic rings. The monoisotopic (exact) mass is 471 g/mol. The molecular formula is C28H41NO5. The molecule has 1 heterocycles. The summed E-state index contributed by atoms with van der Waals surface area (Å²) in [6, 6.07) is 0.975. The van der Waals surface area contributed by atoms with E-state index in [4.69, 9.17) is 4.74 Å². The number of hydrogen-bond acceptors (Lipinski definition) is 5. The number of unbranched alkanes of at least 4 members (excludes halogenated alkanes) is 2. The number of carbonyl (C=O) groups is 2. The number of aromatic hydroxyl groups is 2. The minimum atomic E-state index is -0.644. The van der Waals surface area contributed by atoms with Gasteiger partial charge < -0.3 is 19.8 Å². The van der Waals surface area contributed by atoms with E-state index in [-0.39, 0.29) is 23.0 Å². The Morgan fingerprint density at radius 1 is 1.18 bits per heavy atom. The van der Waals surface area contributed by atoms with Gasteiger partial charge in [0.05, 0.1) is 12.7 Å². The fraction of sp³-hybridized carbons (Fsp3) is 0.571. The zero-order chi connectivity index (χ0) is 25.3. The molecular weight excluding hydrogens is 430 g/mol. The first-order valence-corrected chi connectivity index (χ1v) is 12.5. The Hall–Kier alpha value is -2.76. The molecule has 1 fully saturated rings. The second kappa shape index (κ2) is 13.2. The zero-order valence-electron chi connectivity index (χ0n) is 21.4. The number of phenols is 2. The van der Waals surface area contributed by atoms with Crippen LogP contribution < -0.4 is 0 Å². The van der Waals surface area contributed by atoms with Gasteiger partial charge in [0.2, 0.25) is 0 Å². The van der Waals surface area contributed by atoms with Gasteiger partial charge in [-0.2, -0.15) is 0 Å². The Labute approximate surface area is 204 Å². The number of aryl methyl sites for hydroxylation is 1. The molecule has 0 aromatic heterocycles. The average Bonchev–Trinajstić information content (AvgIpc) is 3.28. The molecule has 0 spiro atoms. The van der Waals surface area contributed by atoms with Crippen molar-refractivity contribution in [1.29, 1.82) is 0 Å². The van der Waals surface area contributed by atoms with Crippen molar-refractivity contribution < 1.29 is 24.5 Å². The molecule has 1 aromatic carbocycles. The van der Waals surface area contributed by atoms with Crippen molar-refractivity contribution in [3.05, 3.63) is 46.1 Å². The van der Waals surface area contributed by atoms with Gasteiger partial charge in [-0.05, 0) is 77.3 Å². The van der Waals surface area contributed by atoms with E-state index in [0.29, 0.717) is 43.4 Å². The molecule has 1 amide bonds. The highest BCUT2D eigenvalue weighted by Gasteiger charge is 2.37. The molecule has 0 saturated carbocycles. The summed E-state index contributed by atoms with van der Waals surface area (Å²) in [4.78, 5) is 27.4. The minimum absolute atomic E-state index is 0.000151. The lowest BCUT2D eigenvalue weighted by Crippen LogP contribution is -2.41. The quantitative estimate of drug-likeness (QED) is 0.240. The van der Waals surface area contributed by atoms with Gasteiger partial charge >= 0.3 is 5.97 Å². The van der Waals surface area contributed by atoms with Gasteiger partial charge in [0.25, 0.3) is 5.91 Å². The van der Waals surface area contributed by atoms with Crippen LogP contribution in [0, 0.1) is 0 Å². The standard InChI is InChI=1S/C28H41NO5/c1-6-7-8-13-21-18-24(30)22(16-15-20(4)12-9-11-19(2)3)26(31)25(21)27(32)29-17-10-14-23(29)28(33)34-5/h11,15,18,23,30-31H,6-10,12-14,16-17H2,1-5H3/b20-15+/t23-/m1/s1. The molecule has 1 aliphatic heterocycles. The van der Waals surface area contributed by atoms with Gasteiger partial charge in [0.15, 0.2) is 0 Å². The summed E-state index contributed by atoms with van der Waals surface area (Å²) >= 11 is 0. The van der Waals surface area contributed by atoms with Gasteiger partial charge in [-0.1, -0.05) is 43.1 Å². The highest BCUT2D eigenvalue weighted by Crippen LogP contribution is 2.37. The third kappa shape index (κ3) is 7.12. The number of esters is 1. The molecule has 1 atom stereocenters. The molecule has 6 heteroatoms. The molecule has 2 N–H and O–H groups in total. The lowest BCUT2D eigenvalue weighted by molar-refractivity contribution is -0.145. The molecule has 1 saturated heterocycles. The van der Waals surface area contributed by atoms with E-state index in [0.717, 1.165) is 37.7 Å². The van der Waals surface area contributed by atoms with Crippen molar-refractivity contribution in [3.63, 3.8) is 0 Å². The van der Waals surface area contributed by atoms with Gasteiger partial charge in [-0.25, -0.2) is 4.79 Å². The number of allylic oxidation sites excluding steroid dienone is 4. The van der Waals surface area contributed by atoms with Gasteiger partial charge in [-0.3, -0.25) is 4.79 Å². The molecule has 0 radical (unpaired) electrons. The number of rotatable bonds is 11. The lowest BCUT2D eigenvalue weighted by atomic mass is 9.93. The van der Waals surface area contributed by atoms with E-state index in [9.17, 15) is 19.8 Å². The van der Waals surface area contributed by atoms with Crippen LogP contribution in [0.25, 0.3) is 0 Å². The van der Waals surface area contributed by atoms with E-state index >= 15 is 0 Å². The van der Waals surface area contributed by atoms with Crippen molar-refractivity contribution in [2.24, 2.45) is 0 Å². The van der Waals surface area contributed by atoms with Crippen LogP contribution in [0.15, 0.2) is 29.4 Å². The number of benzene rings is 1. The summed E-state index contributed by atoms with van der Waals surface area (Å²) in [6.45, 7) is 8.71. The summed E-state index contributed by atoms with van der Waals surface area (Å²) in [6.07, 6.45) is 11.0. The molecule has 34 heavy (non-hydrogen) atoms. The number of nitrogens with zero attached hydrogens (tertiary/aromatic N) is 1. The molecule has 0 bridgehead atoms. The summed E-state index contributed by atoms with van der Waals surface area (Å²) in [5.74, 6) is -0.991. The number of carbonyl (C=O) groups excluding carboxylic acids is 2. The Bertz CT molecular complexity index is 927. The number of methoxy groups -OCH3 is 1. The normalized spacial score (nSPS) is 16.0. The molecule has 0 unspecified atom stereocenters. The van der Waals surface area contributed by atoms with Crippen molar-refractivity contribution in [3.8, 4) is 11.5 Å². The van der Waals surface area contributed by atoms with Crippen molar-refractivity contribution >= 4 is 11.9 Å². The lowest BCUT2D eigenvalue weighted by Gasteiger charge is -2.25. The molecule has 1 aliphatic rings. The topological polar surface area (TPSA) is 87.1 Å². The zero-order valence-corrected chi connectivity index (χ0v) is 21.4. The Kier molecular flexibility index (Phi) is 10.7. The maximum atomic E-state index is 13.6. The molecule has 6 nitrogen and oxygen atoms in total. The first-order valence-electron chi connectivity index (χ1n) is 12.5. The van der Waals surface area contributed by atoms with Crippen molar-refractivity contribution in [2.75, 3.05) is 13.7 Å². The number of likely N-dealkylation sites (tertiary alicyclic amines) is 1. The highest BCUT2D eigenvalue weighted by atomic mass is 16.5. The molecule has 188 valence electrons. The fourth-order valence-electron chi connectivity index (χ4n) is 4.45. The van der Waals surface area contributed by atoms with Crippen LogP contribution in [-0.4, -0.2) is 46.7 Å². The van der Waals surface area contributed by atoms with Gasteiger partial charge in [0, 0.05) is 12.1 Å². The Morgan fingerprint density at radius 2 is 1.91 bits per heavy atom. The predicted molar refractivity (Wildman–Crippen MR) is 135 cm³/mol. The minimum Gasteiger partial charge on any atom is -0.508 e. The maximum absolute atomic E-state index is 13.6. The van der Waals surface area contributed by atoms with Crippen LogP contribution in [0.1, 0.15) is 94.1 Å². The summed E-state index contributed by atoms with van der Waals surface area (Å²) in [7, 11) is 1.32.